The van der Waals surface area contributed by atoms with E-state index in [0.717, 1.165) is 11.8 Å². The fourth-order valence-corrected chi connectivity index (χ4v) is 4.55. The Kier molecular flexibility index (Phi) is 5.13. The second kappa shape index (κ2) is 7.13. The van der Waals surface area contributed by atoms with E-state index >= 15 is 0 Å². The van der Waals surface area contributed by atoms with Crippen molar-refractivity contribution < 1.29 is 19.4 Å². The van der Waals surface area contributed by atoms with Crippen molar-refractivity contribution in [1.29, 1.82) is 0 Å². The highest BCUT2D eigenvalue weighted by Crippen LogP contribution is 2.49. The number of aromatic hydroxyl groups is 1. The molecule has 2 aliphatic rings. The van der Waals surface area contributed by atoms with Crippen molar-refractivity contribution in [2.45, 2.75) is 38.6 Å². The number of fused-ring (bicyclic) bond motifs is 2. The number of hydrogen-bond acceptors (Lipinski definition) is 4. The summed E-state index contributed by atoms with van der Waals surface area (Å²) in [6.07, 6.45) is 5.09. The first kappa shape index (κ1) is 17.3. The van der Waals surface area contributed by atoms with E-state index in [0.29, 0.717) is 10.4 Å². The largest absolute Gasteiger partial charge is 0.507 e. The number of nitrogens with one attached hydrogen (secondary N) is 1. The summed E-state index contributed by atoms with van der Waals surface area (Å²) in [5.41, 5.74) is 0.0401. The van der Waals surface area contributed by atoms with Crippen LogP contribution in [0.15, 0.2) is 22.7 Å². The Labute approximate surface area is 149 Å². The normalized spacial score (nSPS) is 26.2. The molecule has 6 heteroatoms. The quantitative estimate of drug-likeness (QED) is 0.750. The van der Waals surface area contributed by atoms with Crippen LogP contribution in [-0.2, 0) is 9.53 Å². The number of esters is 1. The maximum absolute atomic E-state index is 12.0. The van der Waals surface area contributed by atoms with Crippen LogP contribution in [0.5, 0.6) is 5.75 Å². The molecular formula is C18H22BrNO4. The van der Waals surface area contributed by atoms with Crippen molar-refractivity contribution in [2.24, 2.45) is 17.8 Å². The summed E-state index contributed by atoms with van der Waals surface area (Å²) in [4.78, 5) is 24.0. The molecule has 2 N–H and O–H groups in total. The predicted molar refractivity (Wildman–Crippen MR) is 92.6 cm³/mol. The van der Waals surface area contributed by atoms with Gasteiger partial charge in [0.15, 0.2) is 6.61 Å². The monoisotopic (exact) mass is 395 g/mol. The fraction of sp³-hybridized carbons (Fsp3) is 0.556. The topological polar surface area (TPSA) is 75.6 Å². The van der Waals surface area contributed by atoms with Gasteiger partial charge in [-0.2, -0.15) is 0 Å². The van der Waals surface area contributed by atoms with Crippen molar-refractivity contribution in [3.8, 4) is 5.75 Å². The Bertz CT molecular complexity index is 648. The fourth-order valence-electron chi connectivity index (χ4n) is 4.19. The zero-order valence-electron chi connectivity index (χ0n) is 13.6. The van der Waals surface area contributed by atoms with Crippen LogP contribution in [0.3, 0.4) is 0 Å². The third kappa shape index (κ3) is 3.74. The maximum Gasteiger partial charge on any atom is 0.342 e. The Balaban J connectivity index is 1.48. The van der Waals surface area contributed by atoms with Crippen molar-refractivity contribution >= 4 is 27.8 Å². The van der Waals surface area contributed by atoms with Gasteiger partial charge < -0.3 is 15.2 Å². The Morgan fingerprint density at radius 2 is 2.17 bits per heavy atom. The second-order valence-corrected chi connectivity index (χ2v) is 7.85. The molecule has 0 saturated heterocycles. The van der Waals surface area contributed by atoms with E-state index in [1.165, 1.54) is 37.8 Å². The number of carbonyl (C=O) groups is 2. The molecule has 0 spiro atoms. The molecule has 5 nitrogen and oxygen atoms in total. The standard InChI is InChI=1S/C18H22BrNO4/c1-10(14-7-11-2-3-12(14)6-11)20-17(22)9-24-18(23)15-8-13(19)4-5-16(15)21/h4-5,8,10-12,14,21H,2-3,6-7,9H2,1H3,(H,20,22)/t10-,11+,12+,14-/m1/s1. The highest BCUT2D eigenvalue weighted by molar-refractivity contribution is 9.10. The first-order valence-electron chi connectivity index (χ1n) is 8.39. The highest BCUT2D eigenvalue weighted by Gasteiger charge is 2.42. The van der Waals surface area contributed by atoms with Crippen LogP contribution in [0, 0.1) is 17.8 Å². The molecule has 0 unspecified atom stereocenters. The number of amides is 1. The van der Waals surface area contributed by atoms with Gasteiger partial charge in [0.1, 0.15) is 11.3 Å². The average Bonchev–Trinajstić information content (AvgIpc) is 3.18. The summed E-state index contributed by atoms with van der Waals surface area (Å²) in [6, 6.07) is 4.59. The third-order valence-electron chi connectivity index (χ3n) is 5.34. The first-order valence-corrected chi connectivity index (χ1v) is 9.18. The third-order valence-corrected chi connectivity index (χ3v) is 5.83. The van der Waals surface area contributed by atoms with Gasteiger partial charge in [0.25, 0.3) is 5.91 Å². The molecule has 1 aromatic rings. The van der Waals surface area contributed by atoms with Gasteiger partial charge >= 0.3 is 5.97 Å². The summed E-state index contributed by atoms with van der Waals surface area (Å²) >= 11 is 3.23. The highest BCUT2D eigenvalue weighted by atomic mass is 79.9. The summed E-state index contributed by atoms with van der Waals surface area (Å²) in [6.45, 7) is 1.70. The molecule has 2 saturated carbocycles. The Morgan fingerprint density at radius 1 is 1.38 bits per heavy atom. The molecule has 3 rings (SSSR count). The second-order valence-electron chi connectivity index (χ2n) is 6.93. The van der Waals surface area contributed by atoms with Crippen molar-refractivity contribution in [3.63, 3.8) is 0 Å². The van der Waals surface area contributed by atoms with Gasteiger partial charge in [-0.15, -0.1) is 0 Å². The molecule has 4 atom stereocenters. The summed E-state index contributed by atoms with van der Waals surface area (Å²) in [5, 5.41) is 12.6. The number of carbonyl (C=O) groups excluding carboxylic acids is 2. The minimum Gasteiger partial charge on any atom is -0.507 e. The minimum atomic E-state index is -0.712. The molecule has 0 aliphatic heterocycles. The Hall–Kier alpha value is -1.56. The SMILES string of the molecule is C[C@@H](NC(=O)COC(=O)c1cc(Br)ccc1O)[C@H]1C[C@H]2CC[C@H]1C2. The molecule has 2 fully saturated rings. The Morgan fingerprint density at radius 3 is 2.83 bits per heavy atom. The van der Waals surface area contributed by atoms with Gasteiger partial charge in [0, 0.05) is 10.5 Å². The van der Waals surface area contributed by atoms with Crippen LogP contribution >= 0.6 is 15.9 Å². The van der Waals surface area contributed by atoms with Gasteiger partial charge in [-0.3, -0.25) is 4.79 Å². The maximum atomic E-state index is 12.0. The van der Waals surface area contributed by atoms with Gasteiger partial charge in [-0.25, -0.2) is 4.79 Å². The van der Waals surface area contributed by atoms with Crippen LogP contribution in [-0.4, -0.2) is 29.6 Å². The van der Waals surface area contributed by atoms with E-state index in [4.69, 9.17) is 4.74 Å². The van der Waals surface area contributed by atoms with Gasteiger partial charge in [-0.05, 0) is 62.1 Å². The summed E-state index contributed by atoms with van der Waals surface area (Å²) in [7, 11) is 0. The molecule has 2 aliphatic carbocycles. The molecule has 0 heterocycles. The van der Waals surface area contributed by atoms with Crippen LogP contribution < -0.4 is 5.32 Å². The van der Waals surface area contributed by atoms with Crippen LogP contribution in [0.1, 0.15) is 43.0 Å². The van der Waals surface area contributed by atoms with Crippen LogP contribution in [0.4, 0.5) is 0 Å². The smallest absolute Gasteiger partial charge is 0.342 e. The molecule has 0 radical (unpaired) electrons. The number of benzene rings is 1. The molecule has 24 heavy (non-hydrogen) atoms. The number of rotatable bonds is 5. The molecular weight excluding hydrogens is 374 g/mol. The first-order chi connectivity index (χ1) is 11.4. The summed E-state index contributed by atoms with van der Waals surface area (Å²) < 4.78 is 5.67. The van der Waals surface area contributed by atoms with E-state index < -0.39 is 5.97 Å². The van der Waals surface area contributed by atoms with E-state index in [-0.39, 0.29) is 29.9 Å². The van der Waals surface area contributed by atoms with Crippen LogP contribution in [0.25, 0.3) is 0 Å². The number of phenolic OH excluding ortho intramolecular Hbond substituents is 1. The molecule has 0 aromatic heterocycles. The molecule has 1 aromatic carbocycles. The molecule has 2 bridgehead atoms. The van der Waals surface area contributed by atoms with Crippen LogP contribution in [0.2, 0.25) is 0 Å². The van der Waals surface area contributed by atoms with Crippen molar-refractivity contribution in [1.82, 2.24) is 5.32 Å². The van der Waals surface area contributed by atoms with Crippen molar-refractivity contribution in [2.75, 3.05) is 6.61 Å². The molecule has 1 amide bonds. The van der Waals surface area contributed by atoms with E-state index in [9.17, 15) is 14.7 Å². The summed E-state index contributed by atoms with van der Waals surface area (Å²) in [5.74, 6) is 0.921. The lowest BCUT2D eigenvalue weighted by Gasteiger charge is -2.28. The average molecular weight is 396 g/mol. The van der Waals surface area contributed by atoms with Crippen molar-refractivity contribution in [3.05, 3.63) is 28.2 Å². The van der Waals surface area contributed by atoms with Gasteiger partial charge in [0.2, 0.25) is 0 Å². The minimum absolute atomic E-state index is 0.0401. The van der Waals surface area contributed by atoms with E-state index in [1.807, 2.05) is 6.92 Å². The number of phenols is 1. The van der Waals surface area contributed by atoms with E-state index in [2.05, 4.69) is 21.2 Å². The van der Waals surface area contributed by atoms with Gasteiger partial charge in [0.05, 0.1) is 0 Å². The van der Waals surface area contributed by atoms with E-state index in [1.54, 1.807) is 6.07 Å². The zero-order valence-corrected chi connectivity index (χ0v) is 15.2. The number of ether oxygens (including phenoxy) is 1. The van der Waals surface area contributed by atoms with Gasteiger partial charge in [-0.1, -0.05) is 22.4 Å². The molecule has 130 valence electrons. The lowest BCUT2D eigenvalue weighted by Crippen LogP contribution is -2.42. The number of hydrogen-bond donors (Lipinski definition) is 2. The zero-order chi connectivity index (χ0) is 17.3. The predicted octanol–water partition coefficient (Wildman–Crippen LogP) is 3.25. The lowest BCUT2D eigenvalue weighted by atomic mass is 9.84. The number of halogens is 1. The lowest BCUT2D eigenvalue weighted by molar-refractivity contribution is -0.125.